The van der Waals surface area contributed by atoms with Crippen LogP contribution in [0.25, 0.3) is 0 Å². The molecule has 2 amide bonds. The third kappa shape index (κ3) is 7.55. The second-order valence-electron chi connectivity index (χ2n) is 8.67. The molecule has 11 nitrogen and oxygen atoms in total. The van der Waals surface area contributed by atoms with Gasteiger partial charge in [0.2, 0.25) is 11.7 Å². The number of para-hydroxylation sites is 1. The summed E-state index contributed by atoms with van der Waals surface area (Å²) in [5.41, 5.74) is 3.46. The monoisotopic (exact) mass is 586 g/mol. The number of esters is 1. The maximum atomic E-state index is 12.9. The average molecular weight is 587 g/mol. The van der Waals surface area contributed by atoms with Gasteiger partial charge in [-0.3, -0.25) is 19.7 Å². The van der Waals surface area contributed by atoms with E-state index in [2.05, 4.69) is 15.8 Å². The van der Waals surface area contributed by atoms with Gasteiger partial charge in [-0.25, -0.2) is 10.2 Å². The van der Waals surface area contributed by atoms with E-state index in [0.29, 0.717) is 5.69 Å². The van der Waals surface area contributed by atoms with E-state index in [-0.39, 0.29) is 45.5 Å². The number of nitrogens with zero attached hydrogens (tertiary/aromatic N) is 2. The SMILES string of the molecule is COc1ccc(Cl)cc1C(=O)Oc1c(/C=N/NC(=O)c2ccc(NC(=O)Cc3ccccc3)cc2)cccc1[N+](=O)[O-]. The van der Waals surface area contributed by atoms with E-state index < -0.39 is 22.5 Å². The fraction of sp³-hybridized carbons (Fsp3) is 0.0667. The van der Waals surface area contributed by atoms with Crippen molar-refractivity contribution in [2.45, 2.75) is 6.42 Å². The van der Waals surface area contributed by atoms with Crippen LogP contribution in [0.3, 0.4) is 0 Å². The van der Waals surface area contributed by atoms with Gasteiger partial charge in [0, 0.05) is 27.9 Å². The van der Waals surface area contributed by atoms with E-state index in [1.165, 1.54) is 49.6 Å². The first-order valence-corrected chi connectivity index (χ1v) is 12.7. The third-order valence-electron chi connectivity index (χ3n) is 5.81. The van der Waals surface area contributed by atoms with Gasteiger partial charge in [-0.1, -0.05) is 48.0 Å². The zero-order valence-electron chi connectivity index (χ0n) is 22.1. The van der Waals surface area contributed by atoms with Gasteiger partial charge in [0.25, 0.3) is 5.91 Å². The Morgan fingerprint density at radius 3 is 2.40 bits per heavy atom. The maximum Gasteiger partial charge on any atom is 0.347 e. The first-order chi connectivity index (χ1) is 20.2. The van der Waals surface area contributed by atoms with Gasteiger partial charge in [0.05, 0.1) is 24.7 Å². The number of benzene rings is 4. The molecule has 0 fully saturated rings. The predicted molar refractivity (Wildman–Crippen MR) is 156 cm³/mol. The highest BCUT2D eigenvalue weighted by Crippen LogP contribution is 2.32. The number of methoxy groups -OCH3 is 1. The molecule has 0 aliphatic heterocycles. The van der Waals surface area contributed by atoms with Crippen LogP contribution in [-0.2, 0) is 11.2 Å². The number of ether oxygens (including phenoxy) is 2. The van der Waals surface area contributed by atoms with E-state index in [1.807, 2.05) is 30.3 Å². The van der Waals surface area contributed by atoms with Gasteiger partial charge in [0.15, 0.2) is 0 Å². The molecule has 42 heavy (non-hydrogen) atoms. The van der Waals surface area contributed by atoms with Gasteiger partial charge in [-0.05, 0) is 54.1 Å². The standard InChI is InChI=1S/C30H23ClN4O7/c1-41-26-15-12-22(31)17-24(26)30(38)42-28-21(8-5-9-25(28)35(39)40)18-32-34-29(37)20-10-13-23(14-11-20)33-27(36)16-19-6-3-2-4-7-19/h2-15,17-18H,16H2,1H3,(H,33,36)(H,34,37)/b32-18+. The Kier molecular flexibility index (Phi) is 9.59. The van der Waals surface area contributed by atoms with Crippen LogP contribution in [0, 0.1) is 10.1 Å². The summed E-state index contributed by atoms with van der Waals surface area (Å²) in [5.74, 6) is -1.96. The van der Waals surface area contributed by atoms with Crippen LogP contribution >= 0.6 is 11.6 Å². The van der Waals surface area contributed by atoms with Crippen LogP contribution in [0.1, 0.15) is 31.8 Å². The second kappa shape index (κ2) is 13.7. The van der Waals surface area contributed by atoms with Crippen molar-refractivity contribution in [1.29, 1.82) is 0 Å². The molecule has 0 heterocycles. The minimum Gasteiger partial charge on any atom is -0.496 e. The number of hydrogen-bond acceptors (Lipinski definition) is 8. The molecule has 0 radical (unpaired) electrons. The molecule has 0 unspecified atom stereocenters. The summed E-state index contributed by atoms with van der Waals surface area (Å²) in [6, 6.07) is 23.7. The highest BCUT2D eigenvalue weighted by atomic mass is 35.5. The molecule has 0 saturated carbocycles. The topological polar surface area (TPSA) is 149 Å². The molecular formula is C30H23ClN4O7. The van der Waals surface area contributed by atoms with E-state index in [1.54, 1.807) is 12.1 Å². The van der Waals surface area contributed by atoms with Crippen molar-refractivity contribution in [3.63, 3.8) is 0 Å². The molecule has 0 spiro atoms. The number of carbonyl (C=O) groups is 3. The molecule has 12 heteroatoms. The minimum absolute atomic E-state index is 0.0426. The molecule has 0 saturated heterocycles. The molecule has 0 aliphatic rings. The van der Waals surface area contributed by atoms with E-state index >= 15 is 0 Å². The zero-order chi connectivity index (χ0) is 30.1. The van der Waals surface area contributed by atoms with Crippen LogP contribution < -0.4 is 20.2 Å². The zero-order valence-corrected chi connectivity index (χ0v) is 22.8. The molecule has 4 aromatic carbocycles. The van der Waals surface area contributed by atoms with Crippen LogP contribution in [-0.4, -0.2) is 36.0 Å². The molecule has 212 valence electrons. The highest BCUT2D eigenvalue weighted by Gasteiger charge is 2.24. The minimum atomic E-state index is -0.946. The Morgan fingerprint density at radius 1 is 0.976 bits per heavy atom. The van der Waals surface area contributed by atoms with Gasteiger partial charge in [-0.15, -0.1) is 0 Å². The maximum absolute atomic E-state index is 12.9. The lowest BCUT2D eigenvalue weighted by molar-refractivity contribution is -0.385. The number of carbonyl (C=O) groups excluding carboxylic acids is 3. The summed E-state index contributed by atoms with van der Waals surface area (Å²) in [6.07, 6.45) is 1.32. The Balaban J connectivity index is 1.44. The number of nitro groups is 1. The lowest BCUT2D eigenvalue weighted by Gasteiger charge is -2.11. The number of hydrogen-bond donors (Lipinski definition) is 2. The Morgan fingerprint density at radius 2 is 1.71 bits per heavy atom. The number of anilines is 1. The fourth-order valence-corrected chi connectivity index (χ4v) is 3.97. The predicted octanol–water partition coefficient (Wildman–Crippen LogP) is 5.42. The third-order valence-corrected chi connectivity index (χ3v) is 6.04. The molecule has 4 aromatic rings. The summed E-state index contributed by atoms with van der Waals surface area (Å²) in [7, 11) is 1.35. The molecule has 4 rings (SSSR count). The molecule has 0 bridgehead atoms. The summed E-state index contributed by atoms with van der Waals surface area (Å²) in [4.78, 5) is 48.7. The summed E-state index contributed by atoms with van der Waals surface area (Å²) in [6.45, 7) is 0. The van der Waals surface area contributed by atoms with Crippen molar-refractivity contribution in [1.82, 2.24) is 5.43 Å². The van der Waals surface area contributed by atoms with Crippen LogP contribution in [0.2, 0.25) is 5.02 Å². The number of nitrogens with one attached hydrogen (secondary N) is 2. The molecule has 0 atom stereocenters. The highest BCUT2D eigenvalue weighted by molar-refractivity contribution is 6.31. The summed E-state index contributed by atoms with van der Waals surface area (Å²) in [5, 5.41) is 18.5. The van der Waals surface area contributed by atoms with Gasteiger partial charge < -0.3 is 14.8 Å². The lowest BCUT2D eigenvalue weighted by Crippen LogP contribution is -2.18. The second-order valence-corrected chi connectivity index (χ2v) is 9.11. The molecular weight excluding hydrogens is 564 g/mol. The van der Waals surface area contributed by atoms with Gasteiger partial charge >= 0.3 is 11.7 Å². The van der Waals surface area contributed by atoms with E-state index in [9.17, 15) is 24.5 Å². The number of halogens is 1. The van der Waals surface area contributed by atoms with Crippen molar-refractivity contribution in [3.8, 4) is 11.5 Å². The molecule has 0 aliphatic carbocycles. The van der Waals surface area contributed by atoms with Gasteiger partial charge in [0.1, 0.15) is 11.3 Å². The number of rotatable bonds is 10. The normalized spacial score (nSPS) is 10.6. The number of hydrazone groups is 1. The average Bonchev–Trinajstić information content (AvgIpc) is 2.98. The quantitative estimate of drug-likeness (QED) is 0.0828. The van der Waals surface area contributed by atoms with Crippen molar-refractivity contribution >= 4 is 47.0 Å². The van der Waals surface area contributed by atoms with Crippen LogP contribution in [0.5, 0.6) is 11.5 Å². The summed E-state index contributed by atoms with van der Waals surface area (Å²) >= 11 is 5.99. The first kappa shape index (κ1) is 29.4. The Bertz CT molecular complexity index is 1660. The van der Waals surface area contributed by atoms with E-state index in [0.717, 1.165) is 17.8 Å². The largest absolute Gasteiger partial charge is 0.496 e. The molecule has 0 aromatic heterocycles. The first-order valence-electron chi connectivity index (χ1n) is 12.4. The number of nitro benzene ring substituents is 1. The Hall–Kier alpha value is -5.55. The fourth-order valence-electron chi connectivity index (χ4n) is 3.80. The van der Waals surface area contributed by atoms with Crippen molar-refractivity contribution in [3.05, 3.63) is 128 Å². The summed E-state index contributed by atoms with van der Waals surface area (Å²) < 4.78 is 10.6. The van der Waals surface area contributed by atoms with Crippen molar-refractivity contribution in [2.75, 3.05) is 12.4 Å². The Labute approximate surface area is 244 Å². The number of amides is 2. The van der Waals surface area contributed by atoms with E-state index in [4.69, 9.17) is 21.1 Å². The van der Waals surface area contributed by atoms with Crippen LogP contribution in [0.4, 0.5) is 11.4 Å². The van der Waals surface area contributed by atoms with Crippen molar-refractivity contribution < 1.29 is 28.8 Å². The van der Waals surface area contributed by atoms with Crippen LogP contribution in [0.15, 0.2) is 96.1 Å². The van der Waals surface area contributed by atoms with Crippen molar-refractivity contribution in [2.24, 2.45) is 5.10 Å². The van der Waals surface area contributed by atoms with Gasteiger partial charge in [-0.2, -0.15) is 5.10 Å². The lowest BCUT2D eigenvalue weighted by atomic mass is 10.1. The molecule has 2 N–H and O–H groups in total. The smallest absolute Gasteiger partial charge is 0.347 e.